The molecule has 0 saturated carbocycles. The van der Waals surface area contributed by atoms with Gasteiger partial charge < -0.3 is 14.8 Å². The summed E-state index contributed by atoms with van der Waals surface area (Å²) in [5.41, 5.74) is 3.05. The summed E-state index contributed by atoms with van der Waals surface area (Å²) in [5, 5.41) is 2.59. The van der Waals surface area contributed by atoms with Crippen LogP contribution in [0.3, 0.4) is 0 Å². The molecule has 3 aromatic carbocycles. The molecule has 0 aliphatic rings. The highest BCUT2D eigenvalue weighted by atomic mass is 32.2. The first-order valence-electron chi connectivity index (χ1n) is 10.8. The number of anilines is 2. The van der Waals surface area contributed by atoms with Crippen LogP contribution in [0.25, 0.3) is 0 Å². The van der Waals surface area contributed by atoms with E-state index in [9.17, 15) is 22.8 Å². The zero-order valence-electron chi connectivity index (χ0n) is 20.5. The Morgan fingerprint density at radius 3 is 1.81 bits per heavy atom. The van der Waals surface area contributed by atoms with Crippen LogP contribution < -0.4 is 10.0 Å². The van der Waals surface area contributed by atoms with Gasteiger partial charge >= 0.3 is 11.9 Å². The second kappa shape index (κ2) is 10.6. The lowest BCUT2D eigenvalue weighted by atomic mass is 10.1. The summed E-state index contributed by atoms with van der Waals surface area (Å²) >= 11 is 0. The number of ether oxygens (including phenoxy) is 2. The Hall–Kier alpha value is -4.18. The molecule has 0 fully saturated rings. The maximum atomic E-state index is 13.1. The SMILES string of the molecule is COC(=O)c1cc(NC(=O)c2ccc(C)c(S(=O)(=O)Nc3ccc(C)c(C)c3)c2)cc(C(=O)OC)c1. The van der Waals surface area contributed by atoms with Crippen molar-refractivity contribution in [1.29, 1.82) is 0 Å². The van der Waals surface area contributed by atoms with E-state index in [2.05, 4.69) is 10.0 Å². The van der Waals surface area contributed by atoms with Gasteiger partial charge in [0.1, 0.15) is 0 Å². The monoisotopic (exact) mass is 510 g/mol. The summed E-state index contributed by atoms with van der Waals surface area (Å²) in [5.74, 6) is -2.06. The lowest BCUT2D eigenvalue weighted by molar-refractivity contribution is 0.0598. The molecule has 3 rings (SSSR count). The average molecular weight is 511 g/mol. The quantitative estimate of drug-likeness (QED) is 0.455. The molecule has 0 saturated heterocycles. The van der Waals surface area contributed by atoms with Gasteiger partial charge in [0.25, 0.3) is 15.9 Å². The van der Waals surface area contributed by atoms with E-state index in [1.54, 1.807) is 19.1 Å². The molecule has 2 N–H and O–H groups in total. The van der Waals surface area contributed by atoms with Crippen LogP contribution >= 0.6 is 0 Å². The van der Waals surface area contributed by atoms with Crippen molar-refractivity contribution in [3.63, 3.8) is 0 Å². The summed E-state index contributed by atoms with van der Waals surface area (Å²) < 4.78 is 38.2. The minimum absolute atomic E-state index is 0.0282. The fourth-order valence-electron chi connectivity index (χ4n) is 3.42. The maximum absolute atomic E-state index is 13.1. The summed E-state index contributed by atoms with van der Waals surface area (Å²) in [7, 11) is -1.63. The van der Waals surface area contributed by atoms with E-state index in [1.165, 1.54) is 50.6 Å². The highest BCUT2D eigenvalue weighted by Gasteiger charge is 2.21. The number of carbonyl (C=O) groups is 3. The number of aryl methyl sites for hydroxylation is 3. The summed E-state index contributed by atoms with van der Waals surface area (Å²) in [6.07, 6.45) is 0. The maximum Gasteiger partial charge on any atom is 0.337 e. The third-order valence-electron chi connectivity index (χ3n) is 5.53. The van der Waals surface area contributed by atoms with E-state index in [1.807, 2.05) is 19.9 Å². The number of benzene rings is 3. The second-order valence-electron chi connectivity index (χ2n) is 8.12. The molecule has 0 aliphatic heterocycles. The van der Waals surface area contributed by atoms with Crippen LogP contribution in [-0.4, -0.2) is 40.5 Å². The van der Waals surface area contributed by atoms with E-state index in [0.29, 0.717) is 11.3 Å². The number of amides is 1. The third-order valence-corrected chi connectivity index (χ3v) is 7.06. The fourth-order valence-corrected chi connectivity index (χ4v) is 4.74. The van der Waals surface area contributed by atoms with Crippen molar-refractivity contribution >= 4 is 39.2 Å². The first-order valence-corrected chi connectivity index (χ1v) is 12.3. The highest BCUT2D eigenvalue weighted by Crippen LogP contribution is 2.24. The standard InChI is InChI=1S/C26H26N2O7S/c1-15-7-9-21(10-17(15)3)28-36(32,33)23-14-18(8-6-16(23)2)24(29)27-22-12-19(25(30)34-4)11-20(13-22)26(31)35-5/h6-14,28H,1-5H3,(H,27,29). The van der Waals surface area contributed by atoms with E-state index in [4.69, 9.17) is 9.47 Å². The molecule has 10 heteroatoms. The fraction of sp³-hybridized carbons (Fsp3) is 0.192. The van der Waals surface area contributed by atoms with Crippen molar-refractivity contribution in [3.8, 4) is 0 Å². The number of rotatable bonds is 7. The summed E-state index contributed by atoms with van der Waals surface area (Å²) in [4.78, 5) is 36.9. The third kappa shape index (κ3) is 5.89. The molecule has 0 aliphatic carbocycles. The minimum atomic E-state index is -4.00. The molecule has 1 amide bonds. The zero-order chi connectivity index (χ0) is 26.6. The van der Waals surface area contributed by atoms with Crippen molar-refractivity contribution in [2.75, 3.05) is 24.3 Å². The molecular weight excluding hydrogens is 484 g/mol. The van der Waals surface area contributed by atoms with Crippen LogP contribution in [-0.2, 0) is 19.5 Å². The Kier molecular flexibility index (Phi) is 7.79. The van der Waals surface area contributed by atoms with Gasteiger partial charge in [-0.3, -0.25) is 9.52 Å². The van der Waals surface area contributed by atoms with Crippen LogP contribution in [0.4, 0.5) is 11.4 Å². The Labute approximate surface area is 209 Å². The number of esters is 2. The number of nitrogens with one attached hydrogen (secondary N) is 2. The molecule has 9 nitrogen and oxygen atoms in total. The van der Waals surface area contributed by atoms with Crippen LogP contribution in [0.5, 0.6) is 0 Å². The minimum Gasteiger partial charge on any atom is -0.465 e. The summed E-state index contributed by atoms with van der Waals surface area (Å²) in [6.45, 7) is 5.43. The number of hydrogen-bond donors (Lipinski definition) is 2. The molecule has 0 bridgehead atoms. The van der Waals surface area contributed by atoms with Crippen molar-refractivity contribution in [3.05, 3.63) is 88.0 Å². The van der Waals surface area contributed by atoms with Gasteiger partial charge in [0, 0.05) is 16.9 Å². The average Bonchev–Trinajstić information content (AvgIpc) is 2.84. The lowest BCUT2D eigenvalue weighted by Gasteiger charge is -2.14. The predicted molar refractivity (Wildman–Crippen MR) is 135 cm³/mol. The first kappa shape index (κ1) is 26.4. The molecule has 36 heavy (non-hydrogen) atoms. The van der Waals surface area contributed by atoms with Gasteiger partial charge in [-0.1, -0.05) is 12.1 Å². The summed E-state index contributed by atoms with van der Waals surface area (Å²) in [6, 6.07) is 13.4. The normalized spacial score (nSPS) is 10.9. The first-order chi connectivity index (χ1) is 16.9. The van der Waals surface area contributed by atoms with E-state index < -0.39 is 27.9 Å². The predicted octanol–water partition coefficient (Wildman–Crippen LogP) is 4.24. The van der Waals surface area contributed by atoms with Crippen molar-refractivity contribution < 1.29 is 32.3 Å². The van der Waals surface area contributed by atoms with Gasteiger partial charge in [0.05, 0.1) is 30.2 Å². The van der Waals surface area contributed by atoms with Crippen molar-refractivity contribution in [2.24, 2.45) is 0 Å². The Morgan fingerprint density at radius 2 is 1.25 bits per heavy atom. The molecule has 3 aromatic rings. The van der Waals surface area contributed by atoms with E-state index in [-0.39, 0.29) is 27.3 Å². The van der Waals surface area contributed by atoms with Crippen molar-refractivity contribution in [1.82, 2.24) is 0 Å². The molecule has 0 radical (unpaired) electrons. The number of sulfonamides is 1. The van der Waals surface area contributed by atoms with Crippen LogP contribution in [0.2, 0.25) is 0 Å². The lowest BCUT2D eigenvalue weighted by Crippen LogP contribution is -2.18. The van der Waals surface area contributed by atoms with E-state index >= 15 is 0 Å². The molecule has 0 heterocycles. The molecule has 188 valence electrons. The number of methoxy groups -OCH3 is 2. The molecule has 0 spiro atoms. The highest BCUT2D eigenvalue weighted by molar-refractivity contribution is 7.92. The topological polar surface area (TPSA) is 128 Å². The van der Waals surface area contributed by atoms with Gasteiger partial charge in [-0.05, 0) is 79.9 Å². The number of carbonyl (C=O) groups excluding carboxylic acids is 3. The van der Waals surface area contributed by atoms with Crippen LogP contribution in [0, 0.1) is 20.8 Å². The van der Waals surface area contributed by atoms with Crippen LogP contribution in [0.15, 0.2) is 59.5 Å². The van der Waals surface area contributed by atoms with Gasteiger partial charge in [-0.25, -0.2) is 18.0 Å². The largest absolute Gasteiger partial charge is 0.465 e. The Morgan fingerprint density at radius 1 is 0.667 bits per heavy atom. The van der Waals surface area contributed by atoms with Gasteiger partial charge in [-0.2, -0.15) is 0 Å². The Balaban J connectivity index is 1.93. The smallest absolute Gasteiger partial charge is 0.337 e. The van der Waals surface area contributed by atoms with Gasteiger partial charge in [0.2, 0.25) is 0 Å². The zero-order valence-corrected chi connectivity index (χ0v) is 21.3. The van der Waals surface area contributed by atoms with Gasteiger partial charge in [0.15, 0.2) is 0 Å². The molecule has 0 aromatic heterocycles. The second-order valence-corrected chi connectivity index (χ2v) is 9.77. The van der Waals surface area contributed by atoms with E-state index in [0.717, 1.165) is 11.1 Å². The van der Waals surface area contributed by atoms with Gasteiger partial charge in [-0.15, -0.1) is 0 Å². The Bertz CT molecular complexity index is 1430. The van der Waals surface area contributed by atoms with Crippen LogP contribution in [0.1, 0.15) is 47.8 Å². The van der Waals surface area contributed by atoms with Crippen molar-refractivity contribution in [2.45, 2.75) is 25.7 Å². The molecule has 0 unspecified atom stereocenters. The molecular formula is C26H26N2O7S. The molecule has 0 atom stereocenters. The number of hydrogen-bond acceptors (Lipinski definition) is 7.